The van der Waals surface area contributed by atoms with Gasteiger partial charge >= 0.3 is 5.97 Å². The highest BCUT2D eigenvalue weighted by molar-refractivity contribution is 5.75. The average molecular weight is 242 g/mol. The number of hydrogen-bond acceptors (Lipinski definition) is 1. The summed E-state index contributed by atoms with van der Waals surface area (Å²) in [5, 5.41) is 9.23. The molecule has 0 bridgehead atoms. The lowest BCUT2D eigenvalue weighted by atomic mass is 9.77. The summed E-state index contributed by atoms with van der Waals surface area (Å²) in [6.07, 6.45) is 0.780. The van der Waals surface area contributed by atoms with Gasteiger partial charge in [0.25, 0.3) is 0 Å². The van der Waals surface area contributed by atoms with Crippen LogP contribution in [0.1, 0.15) is 32.3 Å². The fraction of sp³-hybridized carbons (Fsp3) is 0.462. The Morgan fingerprint density at radius 2 is 1.88 bits per heavy atom. The second kappa shape index (κ2) is 5.25. The summed E-state index contributed by atoms with van der Waals surface area (Å²) >= 11 is 0. The summed E-state index contributed by atoms with van der Waals surface area (Å²) in [6, 6.07) is 3.13. The summed E-state index contributed by atoms with van der Waals surface area (Å²) in [4.78, 5) is 11.3. The Labute approximate surface area is 99.3 Å². The van der Waals surface area contributed by atoms with E-state index in [1.807, 2.05) is 0 Å². The van der Waals surface area contributed by atoms with E-state index >= 15 is 0 Å². The van der Waals surface area contributed by atoms with Crippen LogP contribution in [0.15, 0.2) is 18.2 Å². The standard InChI is InChI=1S/C13H16F2O2/c1-3-13(4-2,12(16)17)8-9-7-10(14)5-6-11(9)15/h5-7H,3-4,8H2,1-2H3,(H,16,17). The van der Waals surface area contributed by atoms with Crippen LogP contribution in [-0.4, -0.2) is 11.1 Å². The molecule has 0 heterocycles. The predicted octanol–water partition coefficient (Wildman–Crippen LogP) is 3.40. The molecule has 1 N–H and O–H groups in total. The van der Waals surface area contributed by atoms with Crippen molar-refractivity contribution in [3.63, 3.8) is 0 Å². The third-order valence-corrected chi connectivity index (χ3v) is 3.34. The van der Waals surface area contributed by atoms with Crippen LogP contribution in [0, 0.1) is 17.0 Å². The molecular formula is C13H16F2O2. The topological polar surface area (TPSA) is 37.3 Å². The molecule has 0 spiro atoms. The number of rotatable bonds is 5. The van der Waals surface area contributed by atoms with Gasteiger partial charge < -0.3 is 5.11 Å². The van der Waals surface area contributed by atoms with E-state index in [0.717, 1.165) is 18.2 Å². The molecule has 0 saturated carbocycles. The molecule has 0 saturated heterocycles. The molecule has 0 atom stereocenters. The quantitative estimate of drug-likeness (QED) is 0.859. The van der Waals surface area contributed by atoms with Gasteiger partial charge in [0.05, 0.1) is 5.41 Å². The SMILES string of the molecule is CCC(CC)(Cc1cc(F)ccc1F)C(=O)O. The van der Waals surface area contributed by atoms with E-state index in [0.29, 0.717) is 12.8 Å². The van der Waals surface area contributed by atoms with E-state index in [4.69, 9.17) is 0 Å². The first-order valence-electron chi connectivity index (χ1n) is 5.62. The van der Waals surface area contributed by atoms with Gasteiger partial charge in [0, 0.05) is 0 Å². The highest BCUT2D eigenvalue weighted by Gasteiger charge is 2.35. The number of halogens is 2. The maximum atomic E-state index is 13.5. The molecule has 1 aromatic rings. The summed E-state index contributed by atoms with van der Waals surface area (Å²) in [7, 11) is 0. The molecule has 0 fully saturated rings. The van der Waals surface area contributed by atoms with Gasteiger partial charge in [-0.1, -0.05) is 13.8 Å². The normalized spacial score (nSPS) is 11.5. The Balaban J connectivity index is 3.09. The monoisotopic (exact) mass is 242 g/mol. The minimum Gasteiger partial charge on any atom is -0.481 e. The van der Waals surface area contributed by atoms with Crippen molar-refractivity contribution >= 4 is 5.97 Å². The number of carboxylic acids is 1. The Hall–Kier alpha value is -1.45. The highest BCUT2D eigenvalue weighted by atomic mass is 19.1. The molecule has 0 aliphatic rings. The molecular weight excluding hydrogens is 226 g/mol. The van der Waals surface area contributed by atoms with E-state index in [2.05, 4.69) is 0 Å². The smallest absolute Gasteiger partial charge is 0.309 e. The van der Waals surface area contributed by atoms with Crippen molar-refractivity contribution in [2.24, 2.45) is 5.41 Å². The minimum atomic E-state index is -1.02. The van der Waals surface area contributed by atoms with Crippen LogP contribution in [0.5, 0.6) is 0 Å². The molecule has 0 aliphatic carbocycles. The van der Waals surface area contributed by atoms with Gasteiger partial charge in [-0.25, -0.2) is 8.78 Å². The van der Waals surface area contributed by atoms with Crippen molar-refractivity contribution in [2.45, 2.75) is 33.1 Å². The van der Waals surface area contributed by atoms with Crippen LogP contribution >= 0.6 is 0 Å². The number of carboxylic acid groups (broad SMARTS) is 1. The Kier molecular flexibility index (Phi) is 4.21. The number of carbonyl (C=O) groups is 1. The molecule has 2 nitrogen and oxygen atoms in total. The third kappa shape index (κ3) is 2.81. The molecule has 0 unspecified atom stereocenters. The molecule has 0 amide bonds. The number of aliphatic carboxylic acids is 1. The molecule has 0 aliphatic heterocycles. The summed E-state index contributed by atoms with van der Waals surface area (Å²) < 4.78 is 26.5. The van der Waals surface area contributed by atoms with Crippen LogP contribution < -0.4 is 0 Å². The molecule has 17 heavy (non-hydrogen) atoms. The van der Waals surface area contributed by atoms with Crippen molar-refractivity contribution in [2.75, 3.05) is 0 Å². The zero-order chi connectivity index (χ0) is 13.1. The van der Waals surface area contributed by atoms with Gasteiger partial charge in [0.1, 0.15) is 11.6 Å². The lowest BCUT2D eigenvalue weighted by Crippen LogP contribution is -2.32. The number of benzene rings is 1. The van der Waals surface area contributed by atoms with E-state index in [1.165, 1.54) is 0 Å². The molecule has 1 rings (SSSR count). The van der Waals surface area contributed by atoms with Gasteiger partial charge in [-0.2, -0.15) is 0 Å². The van der Waals surface area contributed by atoms with E-state index in [-0.39, 0.29) is 12.0 Å². The first kappa shape index (κ1) is 13.6. The third-order valence-electron chi connectivity index (χ3n) is 3.34. The zero-order valence-corrected chi connectivity index (χ0v) is 9.96. The van der Waals surface area contributed by atoms with E-state index < -0.39 is 23.0 Å². The summed E-state index contributed by atoms with van der Waals surface area (Å²) in [6.45, 7) is 3.49. The fourth-order valence-corrected chi connectivity index (χ4v) is 1.92. The van der Waals surface area contributed by atoms with E-state index in [9.17, 15) is 18.7 Å². The maximum Gasteiger partial charge on any atom is 0.309 e. The minimum absolute atomic E-state index is 0.0128. The first-order chi connectivity index (χ1) is 7.95. The fourth-order valence-electron chi connectivity index (χ4n) is 1.92. The lowest BCUT2D eigenvalue weighted by molar-refractivity contribution is -0.149. The molecule has 4 heteroatoms. The van der Waals surface area contributed by atoms with Gasteiger partial charge in [0.15, 0.2) is 0 Å². The predicted molar refractivity (Wildman–Crippen MR) is 60.7 cm³/mol. The van der Waals surface area contributed by atoms with Gasteiger partial charge in [-0.15, -0.1) is 0 Å². The van der Waals surface area contributed by atoms with Crippen LogP contribution in [0.3, 0.4) is 0 Å². The Bertz CT molecular complexity index is 412. The van der Waals surface area contributed by atoms with Crippen molar-refractivity contribution in [3.8, 4) is 0 Å². The number of hydrogen-bond donors (Lipinski definition) is 1. The molecule has 94 valence electrons. The lowest BCUT2D eigenvalue weighted by Gasteiger charge is -2.26. The summed E-state index contributed by atoms with van der Waals surface area (Å²) in [5.41, 5.74) is -0.898. The van der Waals surface area contributed by atoms with Crippen LogP contribution in [0.25, 0.3) is 0 Å². The second-order valence-corrected chi connectivity index (χ2v) is 4.21. The highest BCUT2D eigenvalue weighted by Crippen LogP contribution is 2.32. The van der Waals surface area contributed by atoms with Gasteiger partial charge in [-0.3, -0.25) is 4.79 Å². The molecule has 0 radical (unpaired) electrons. The van der Waals surface area contributed by atoms with Crippen LogP contribution in [0.2, 0.25) is 0 Å². The van der Waals surface area contributed by atoms with Crippen LogP contribution in [-0.2, 0) is 11.2 Å². The largest absolute Gasteiger partial charge is 0.481 e. The van der Waals surface area contributed by atoms with Crippen molar-refractivity contribution in [1.29, 1.82) is 0 Å². The first-order valence-corrected chi connectivity index (χ1v) is 5.62. The van der Waals surface area contributed by atoms with E-state index in [1.54, 1.807) is 13.8 Å². The van der Waals surface area contributed by atoms with Crippen LogP contribution in [0.4, 0.5) is 8.78 Å². The Morgan fingerprint density at radius 3 is 2.35 bits per heavy atom. The Morgan fingerprint density at radius 1 is 1.29 bits per heavy atom. The van der Waals surface area contributed by atoms with Crippen molar-refractivity contribution in [1.82, 2.24) is 0 Å². The van der Waals surface area contributed by atoms with Crippen molar-refractivity contribution < 1.29 is 18.7 Å². The van der Waals surface area contributed by atoms with Crippen molar-refractivity contribution in [3.05, 3.63) is 35.4 Å². The second-order valence-electron chi connectivity index (χ2n) is 4.21. The maximum absolute atomic E-state index is 13.5. The van der Waals surface area contributed by atoms with Gasteiger partial charge in [0.2, 0.25) is 0 Å². The summed E-state index contributed by atoms with van der Waals surface area (Å²) in [5.74, 6) is -2.07. The van der Waals surface area contributed by atoms with Gasteiger partial charge in [-0.05, 0) is 43.0 Å². The zero-order valence-electron chi connectivity index (χ0n) is 9.96. The molecule has 1 aromatic carbocycles. The average Bonchev–Trinajstić information content (AvgIpc) is 2.30. The molecule has 0 aromatic heterocycles.